The second-order valence-corrected chi connectivity index (χ2v) is 6.86. The van der Waals surface area contributed by atoms with Crippen molar-refractivity contribution < 1.29 is 19.1 Å². The first-order valence-electron chi connectivity index (χ1n) is 8.77. The number of rotatable bonds is 6. The lowest BCUT2D eigenvalue weighted by atomic mass is 10.1. The lowest BCUT2D eigenvalue weighted by molar-refractivity contribution is 0.0993. The molecule has 6 nitrogen and oxygen atoms in total. The monoisotopic (exact) mass is 386 g/mol. The first-order chi connectivity index (χ1) is 13.0. The molecule has 0 atom stereocenters. The molecule has 1 fully saturated rings. The Bertz CT molecular complexity index is 863. The zero-order chi connectivity index (χ0) is 19.4. The molecule has 0 saturated heterocycles. The number of carbonyl (C=O) groups excluding carboxylic acids is 2. The fourth-order valence-corrected chi connectivity index (χ4v) is 3.45. The van der Waals surface area contributed by atoms with Crippen LogP contribution in [0.15, 0.2) is 41.3 Å². The van der Waals surface area contributed by atoms with Crippen LogP contribution in [-0.4, -0.2) is 25.0 Å². The number of primary amides is 1. The molecular weight excluding hydrogens is 364 g/mol. The molecule has 27 heavy (non-hydrogen) atoms. The van der Waals surface area contributed by atoms with Gasteiger partial charge in [-0.15, -0.1) is 12.6 Å². The van der Waals surface area contributed by atoms with Crippen molar-refractivity contribution >= 4 is 30.1 Å². The quantitative estimate of drug-likeness (QED) is 0.661. The highest BCUT2D eigenvalue weighted by Gasteiger charge is 2.20. The number of nitrogens with one attached hydrogen (secondary N) is 1. The third-order valence-corrected chi connectivity index (χ3v) is 5.05. The topological polar surface area (TPSA) is 90.6 Å². The van der Waals surface area contributed by atoms with Crippen molar-refractivity contribution in [1.82, 2.24) is 0 Å². The molecule has 2 amide bonds. The van der Waals surface area contributed by atoms with Gasteiger partial charge in [0.2, 0.25) is 5.91 Å². The van der Waals surface area contributed by atoms with E-state index in [4.69, 9.17) is 15.2 Å². The lowest BCUT2D eigenvalue weighted by Gasteiger charge is -2.17. The van der Waals surface area contributed by atoms with Gasteiger partial charge in [-0.25, -0.2) is 0 Å². The standard InChI is InChI=1S/C20H22N2O4S/c1-25-16-10-9-12(11-17(16)26-13-5-2-3-6-13)20(24)22-15-8-4-7-14(18(15)27)19(21)23/h4,7-11,13,27H,2-3,5-6H2,1H3,(H2,21,23)(H,22,24). The second kappa shape index (κ2) is 8.35. The molecule has 0 bridgehead atoms. The maximum Gasteiger partial charge on any atom is 0.255 e. The predicted octanol–water partition coefficient (Wildman–Crippen LogP) is 3.66. The molecule has 142 valence electrons. The van der Waals surface area contributed by atoms with E-state index in [-0.39, 0.29) is 17.6 Å². The number of amides is 2. The summed E-state index contributed by atoms with van der Waals surface area (Å²) < 4.78 is 11.4. The van der Waals surface area contributed by atoms with E-state index < -0.39 is 5.91 Å². The van der Waals surface area contributed by atoms with Crippen LogP contribution in [0.25, 0.3) is 0 Å². The van der Waals surface area contributed by atoms with Crippen LogP contribution in [0.2, 0.25) is 0 Å². The van der Waals surface area contributed by atoms with E-state index in [0.29, 0.717) is 27.6 Å². The molecule has 2 aromatic rings. The average Bonchev–Trinajstić information content (AvgIpc) is 3.16. The summed E-state index contributed by atoms with van der Waals surface area (Å²) >= 11 is 4.31. The van der Waals surface area contributed by atoms with Crippen LogP contribution in [0, 0.1) is 0 Å². The molecule has 7 heteroatoms. The number of nitrogens with two attached hydrogens (primary N) is 1. The lowest BCUT2D eigenvalue weighted by Crippen LogP contribution is -2.16. The third kappa shape index (κ3) is 4.36. The predicted molar refractivity (Wildman–Crippen MR) is 106 cm³/mol. The minimum absolute atomic E-state index is 0.147. The van der Waals surface area contributed by atoms with Gasteiger partial charge < -0.3 is 20.5 Å². The molecule has 0 unspecified atom stereocenters. The number of carbonyl (C=O) groups is 2. The number of hydrogen-bond donors (Lipinski definition) is 3. The Hall–Kier alpha value is -2.67. The SMILES string of the molecule is COc1ccc(C(=O)Nc2cccc(C(N)=O)c2S)cc1OC1CCCC1. The van der Waals surface area contributed by atoms with Crippen LogP contribution in [0.3, 0.4) is 0 Å². The first-order valence-corrected chi connectivity index (χ1v) is 9.22. The smallest absolute Gasteiger partial charge is 0.255 e. The van der Waals surface area contributed by atoms with Gasteiger partial charge in [-0.05, 0) is 56.0 Å². The molecule has 3 rings (SSSR count). The Kier molecular flexibility index (Phi) is 5.91. The summed E-state index contributed by atoms with van der Waals surface area (Å²) in [7, 11) is 1.57. The zero-order valence-electron chi connectivity index (χ0n) is 15.0. The summed E-state index contributed by atoms with van der Waals surface area (Å²) in [4.78, 5) is 24.4. The fraction of sp³-hybridized carbons (Fsp3) is 0.300. The van der Waals surface area contributed by atoms with Crippen molar-refractivity contribution in [1.29, 1.82) is 0 Å². The molecule has 1 saturated carbocycles. The second-order valence-electron chi connectivity index (χ2n) is 6.41. The van der Waals surface area contributed by atoms with Gasteiger partial charge in [0.25, 0.3) is 5.91 Å². The highest BCUT2D eigenvalue weighted by atomic mass is 32.1. The van der Waals surface area contributed by atoms with Gasteiger partial charge in [0.15, 0.2) is 11.5 Å². The highest BCUT2D eigenvalue weighted by Crippen LogP contribution is 2.33. The largest absolute Gasteiger partial charge is 0.493 e. The Morgan fingerprint density at radius 1 is 1.15 bits per heavy atom. The van der Waals surface area contributed by atoms with Gasteiger partial charge in [0.05, 0.1) is 24.5 Å². The van der Waals surface area contributed by atoms with Gasteiger partial charge in [0, 0.05) is 10.5 Å². The minimum Gasteiger partial charge on any atom is -0.493 e. The van der Waals surface area contributed by atoms with E-state index >= 15 is 0 Å². The molecule has 2 aromatic carbocycles. The van der Waals surface area contributed by atoms with Gasteiger partial charge in [0.1, 0.15) is 0 Å². The Morgan fingerprint density at radius 2 is 1.89 bits per heavy atom. The molecule has 0 spiro atoms. The molecule has 0 radical (unpaired) electrons. The number of thiol groups is 1. The minimum atomic E-state index is -0.604. The summed E-state index contributed by atoms with van der Waals surface area (Å²) in [5.41, 5.74) is 6.40. The number of hydrogen-bond acceptors (Lipinski definition) is 5. The van der Waals surface area contributed by atoms with Crippen LogP contribution >= 0.6 is 12.6 Å². The van der Waals surface area contributed by atoms with Crippen molar-refractivity contribution in [2.24, 2.45) is 5.73 Å². The summed E-state index contributed by atoms with van der Waals surface area (Å²) in [5, 5.41) is 2.76. The summed E-state index contributed by atoms with van der Waals surface area (Å²) in [5.74, 6) is 0.191. The molecule has 0 heterocycles. The van der Waals surface area contributed by atoms with E-state index in [1.54, 1.807) is 43.5 Å². The van der Waals surface area contributed by atoms with Crippen molar-refractivity contribution in [3.05, 3.63) is 47.5 Å². The van der Waals surface area contributed by atoms with E-state index in [1.165, 1.54) is 0 Å². The number of methoxy groups -OCH3 is 1. The maximum atomic E-state index is 12.7. The van der Waals surface area contributed by atoms with Gasteiger partial charge in [-0.2, -0.15) is 0 Å². The number of anilines is 1. The van der Waals surface area contributed by atoms with E-state index in [9.17, 15) is 9.59 Å². The fourth-order valence-electron chi connectivity index (χ4n) is 3.13. The van der Waals surface area contributed by atoms with E-state index in [2.05, 4.69) is 17.9 Å². The van der Waals surface area contributed by atoms with Crippen LogP contribution in [-0.2, 0) is 0 Å². The van der Waals surface area contributed by atoms with Crippen LogP contribution in [0.4, 0.5) is 5.69 Å². The Morgan fingerprint density at radius 3 is 2.56 bits per heavy atom. The maximum absolute atomic E-state index is 12.7. The number of ether oxygens (including phenoxy) is 2. The first kappa shape index (κ1) is 19.1. The highest BCUT2D eigenvalue weighted by molar-refractivity contribution is 7.80. The van der Waals surface area contributed by atoms with Crippen LogP contribution in [0.5, 0.6) is 11.5 Å². The van der Waals surface area contributed by atoms with Crippen molar-refractivity contribution in [2.45, 2.75) is 36.7 Å². The molecule has 1 aliphatic rings. The van der Waals surface area contributed by atoms with E-state index in [1.807, 2.05) is 0 Å². The van der Waals surface area contributed by atoms with Gasteiger partial charge in [-0.1, -0.05) is 6.07 Å². The van der Waals surface area contributed by atoms with Crippen LogP contribution in [0.1, 0.15) is 46.4 Å². The number of benzene rings is 2. The van der Waals surface area contributed by atoms with Crippen molar-refractivity contribution in [2.75, 3.05) is 12.4 Å². The Labute approximate surface area is 163 Å². The molecule has 3 N–H and O–H groups in total. The molecule has 0 aromatic heterocycles. The summed E-state index contributed by atoms with van der Waals surface area (Å²) in [6.45, 7) is 0. The zero-order valence-corrected chi connectivity index (χ0v) is 15.9. The van der Waals surface area contributed by atoms with E-state index in [0.717, 1.165) is 25.7 Å². The van der Waals surface area contributed by atoms with Gasteiger partial charge in [-0.3, -0.25) is 9.59 Å². The molecule has 1 aliphatic carbocycles. The molecular formula is C20H22N2O4S. The summed E-state index contributed by atoms with van der Waals surface area (Å²) in [6, 6.07) is 9.89. The van der Waals surface area contributed by atoms with Crippen LogP contribution < -0.4 is 20.5 Å². The normalized spacial score (nSPS) is 14.0. The Balaban J connectivity index is 1.82. The molecule has 0 aliphatic heterocycles. The van der Waals surface area contributed by atoms with Crippen molar-refractivity contribution in [3.63, 3.8) is 0 Å². The summed E-state index contributed by atoms with van der Waals surface area (Å²) in [6.07, 6.45) is 4.45. The third-order valence-electron chi connectivity index (χ3n) is 4.57. The average molecular weight is 386 g/mol. The van der Waals surface area contributed by atoms with Gasteiger partial charge >= 0.3 is 0 Å². The van der Waals surface area contributed by atoms with Crippen molar-refractivity contribution in [3.8, 4) is 11.5 Å².